The molecule has 0 aliphatic rings. The first kappa shape index (κ1) is 42.6. The molecule has 0 aromatic heterocycles. The average Bonchev–Trinajstić information content (AvgIpc) is 3.05. The minimum atomic E-state index is -0.645. The van der Waals surface area contributed by atoms with Gasteiger partial charge >= 0.3 is 17.9 Å². The molecule has 0 aromatic rings. The van der Waals surface area contributed by atoms with Gasteiger partial charge in [-0.2, -0.15) is 0 Å². The van der Waals surface area contributed by atoms with Gasteiger partial charge in [-0.1, -0.05) is 161 Å². The van der Waals surface area contributed by atoms with E-state index in [0.29, 0.717) is 13.2 Å². The van der Waals surface area contributed by atoms with Crippen LogP contribution in [0.4, 0.5) is 0 Å². The second kappa shape index (κ2) is 34.5. The molecule has 0 radical (unpaired) electrons. The van der Waals surface area contributed by atoms with Crippen LogP contribution in [0.1, 0.15) is 154 Å². The standard InChI is InChI=1S/C38H66O7/c1-4-36(39)43-32-30-28-26-24-22-20-18-16-14-12-10-8-7-9-11-13-15-17-19-21-23-25-27-29-31-42-33-35(45-38(41)6-3)34-44-37(40)5-2/h4-6,35H,1-3,7-34H2. The summed E-state index contributed by atoms with van der Waals surface area (Å²) in [6.07, 6.45) is 34.0. The van der Waals surface area contributed by atoms with Crippen LogP contribution in [0.2, 0.25) is 0 Å². The van der Waals surface area contributed by atoms with E-state index in [1.54, 1.807) is 0 Å². The van der Waals surface area contributed by atoms with Crippen molar-refractivity contribution in [3.05, 3.63) is 38.0 Å². The van der Waals surface area contributed by atoms with Gasteiger partial charge in [-0.25, -0.2) is 14.4 Å². The first-order valence-electron chi connectivity index (χ1n) is 18.0. The molecule has 0 rings (SSSR count). The summed E-state index contributed by atoms with van der Waals surface area (Å²) in [7, 11) is 0. The number of carbonyl (C=O) groups is 3. The van der Waals surface area contributed by atoms with Crippen LogP contribution >= 0.6 is 0 Å². The van der Waals surface area contributed by atoms with Crippen molar-refractivity contribution in [3.8, 4) is 0 Å². The SMILES string of the molecule is C=CC(=O)OCCCCCCCCCCCCCCCCCCCCCCCCCCOCC(COC(=O)C=C)OC(=O)C=C. The number of carbonyl (C=O) groups excluding carboxylic acids is 3. The number of rotatable bonds is 35. The minimum absolute atomic E-state index is 0.0602. The molecule has 0 spiro atoms. The van der Waals surface area contributed by atoms with Gasteiger partial charge in [0.1, 0.15) is 6.61 Å². The third kappa shape index (κ3) is 32.8. The van der Waals surface area contributed by atoms with Crippen LogP contribution in [0.5, 0.6) is 0 Å². The molecule has 0 aliphatic heterocycles. The normalized spacial score (nSPS) is 11.5. The predicted molar refractivity (Wildman–Crippen MR) is 184 cm³/mol. The quantitative estimate of drug-likeness (QED) is 0.0297. The largest absolute Gasteiger partial charge is 0.463 e. The summed E-state index contributed by atoms with van der Waals surface area (Å²) in [6.45, 7) is 11.4. The van der Waals surface area contributed by atoms with Crippen molar-refractivity contribution < 1.29 is 33.3 Å². The van der Waals surface area contributed by atoms with Gasteiger partial charge in [0, 0.05) is 24.8 Å². The van der Waals surface area contributed by atoms with Gasteiger partial charge in [0.25, 0.3) is 0 Å². The van der Waals surface area contributed by atoms with Crippen LogP contribution in [0, 0.1) is 0 Å². The van der Waals surface area contributed by atoms with E-state index in [9.17, 15) is 14.4 Å². The minimum Gasteiger partial charge on any atom is -0.463 e. The maximum Gasteiger partial charge on any atom is 0.330 e. The van der Waals surface area contributed by atoms with Crippen LogP contribution in [0.15, 0.2) is 38.0 Å². The maximum atomic E-state index is 11.4. The molecule has 0 aliphatic carbocycles. The molecule has 0 N–H and O–H groups in total. The van der Waals surface area contributed by atoms with E-state index < -0.39 is 18.0 Å². The van der Waals surface area contributed by atoms with E-state index in [1.807, 2.05) is 0 Å². The smallest absolute Gasteiger partial charge is 0.330 e. The molecule has 7 nitrogen and oxygen atoms in total. The lowest BCUT2D eigenvalue weighted by Gasteiger charge is -2.17. The van der Waals surface area contributed by atoms with E-state index in [1.165, 1.54) is 134 Å². The zero-order chi connectivity index (χ0) is 33.1. The van der Waals surface area contributed by atoms with Gasteiger partial charge in [-0.15, -0.1) is 0 Å². The van der Waals surface area contributed by atoms with Gasteiger partial charge in [0.2, 0.25) is 0 Å². The molecule has 7 heteroatoms. The van der Waals surface area contributed by atoms with E-state index in [0.717, 1.165) is 37.8 Å². The highest BCUT2D eigenvalue weighted by atomic mass is 16.6. The van der Waals surface area contributed by atoms with Crippen molar-refractivity contribution in [3.63, 3.8) is 0 Å². The van der Waals surface area contributed by atoms with E-state index >= 15 is 0 Å². The molecule has 0 saturated heterocycles. The van der Waals surface area contributed by atoms with Gasteiger partial charge in [-0.05, 0) is 12.8 Å². The van der Waals surface area contributed by atoms with Crippen molar-refractivity contribution in [2.24, 2.45) is 0 Å². The highest BCUT2D eigenvalue weighted by Gasteiger charge is 2.15. The fourth-order valence-corrected chi connectivity index (χ4v) is 5.20. The zero-order valence-corrected chi connectivity index (χ0v) is 28.6. The molecule has 0 fully saturated rings. The van der Waals surface area contributed by atoms with Crippen LogP contribution in [0.25, 0.3) is 0 Å². The molecule has 45 heavy (non-hydrogen) atoms. The Morgan fingerprint density at radius 1 is 0.400 bits per heavy atom. The summed E-state index contributed by atoms with van der Waals surface area (Å²) in [4.78, 5) is 33.6. The fraction of sp³-hybridized carbons (Fsp3) is 0.763. The first-order chi connectivity index (χ1) is 22.0. The summed E-state index contributed by atoms with van der Waals surface area (Å²) in [5.74, 6) is -1.44. The highest BCUT2D eigenvalue weighted by Crippen LogP contribution is 2.16. The summed E-state index contributed by atoms with van der Waals surface area (Å²) in [6, 6.07) is 0. The summed E-state index contributed by atoms with van der Waals surface area (Å²) in [5.41, 5.74) is 0. The lowest BCUT2D eigenvalue weighted by Crippen LogP contribution is -2.29. The monoisotopic (exact) mass is 634 g/mol. The Hall–Kier alpha value is -2.41. The van der Waals surface area contributed by atoms with E-state index in [4.69, 9.17) is 18.9 Å². The van der Waals surface area contributed by atoms with Crippen LogP contribution in [-0.4, -0.2) is 50.4 Å². The van der Waals surface area contributed by atoms with E-state index in [2.05, 4.69) is 19.7 Å². The van der Waals surface area contributed by atoms with Crippen LogP contribution in [-0.2, 0) is 33.3 Å². The third-order valence-corrected chi connectivity index (χ3v) is 7.93. The van der Waals surface area contributed by atoms with Crippen molar-refractivity contribution >= 4 is 17.9 Å². The number of esters is 3. The Kier molecular flexibility index (Phi) is 32.6. The summed E-state index contributed by atoms with van der Waals surface area (Å²) in [5, 5.41) is 0. The molecule has 0 bridgehead atoms. The maximum absolute atomic E-state index is 11.4. The van der Waals surface area contributed by atoms with Gasteiger partial charge in [-0.3, -0.25) is 0 Å². The summed E-state index contributed by atoms with van der Waals surface area (Å²) >= 11 is 0. The molecule has 260 valence electrons. The Bertz CT molecular complexity index is 748. The van der Waals surface area contributed by atoms with Crippen molar-refractivity contribution in [2.75, 3.05) is 26.4 Å². The Morgan fingerprint density at radius 3 is 1.07 bits per heavy atom. The molecule has 1 atom stereocenters. The molecule has 0 amide bonds. The van der Waals surface area contributed by atoms with Crippen molar-refractivity contribution in [1.29, 1.82) is 0 Å². The Labute approximate surface area is 275 Å². The Balaban J connectivity index is 3.30. The predicted octanol–water partition coefficient (Wildman–Crippen LogP) is 9.92. The molecule has 0 heterocycles. The fourth-order valence-electron chi connectivity index (χ4n) is 5.20. The highest BCUT2D eigenvalue weighted by molar-refractivity contribution is 5.82. The lowest BCUT2D eigenvalue weighted by atomic mass is 10.0. The van der Waals surface area contributed by atoms with E-state index in [-0.39, 0.29) is 19.2 Å². The second-order valence-corrected chi connectivity index (χ2v) is 12.0. The molecule has 1 unspecified atom stereocenters. The molecular formula is C38H66O7. The lowest BCUT2D eigenvalue weighted by molar-refractivity contribution is -0.156. The molecular weight excluding hydrogens is 568 g/mol. The Morgan fingerprint density at radius 2 is 0.711 bits per heavy atom. The third-order valence-electron chi connectivity index (χ3n) is 7.93. The number of hydrogen-bond acceptors (Lipinski definition) is 7. The van der Waals surface area contributed by atoms with Crippen molar-refractivity contribution in [1.82, 2.24) is 0 Å². The van der Waals surface area contributed by atoms with Crippen LogP contribution < -0.4 is 0 Å². The molecule has 0 saturated carbocycles. The molecule has 0 aromatic carbocycles. The number of hydrogen-bond donors (Lipinski definition) is 0. The number of ether oxygens (including phenoxy) is 4. The first-order valence-corrected chi connectivity index (χ1v) is 18.0. The van der Waals surface area contributed by atoms with Crippen molar-refractivity contribution in [2.45, 2.75) is 160 Å². The summed E-state index contributed by atoms with van der Waals surface area (Å²) < 4.78 is 20.7. The number of unbranched alkanes of at least 4 members (excludes halogenated alkanes) is 23. The van der Waals surface area contributed by atoms with Gasteiger partial charge < -0.3 is 18.9 Å². The zero-order valence-electron chi connectivity index (χ0n) is 28.6. The average molecular weight is 635 g/mol. The van der Waals surface area contributed by atoms with Gasteiger partial charge in [0.15, 0.2) is 6.10 Å². The topological polar surface area (TPSA) is 88.1 Å². The second-order valence-electron chi connectivity index (χ2n) is 12.0. The van der Waals surface area contributed by atoms with Crippen LogP contribution in [0.3, 0.4) is 0 Å². The van der Waals surface area contributed by atoms with Gasteiger partial charge in [0.05, 0.1) is 13.2 Å².